The molecule has 0 radical (unpaired) electrons. The highest BCUT2D eigenvalue weighted by Crippen LogP contribution is 2.30. The van der Waals surface area contributed by atoms with Gasteiger partial charge in [-0.1, -0.05) is 32.0 Å². The van der Waals surface area contributed by atoms with Gasteiger partial charge in [-0.3, -0.25) is 0 Å². The Morgan fingerprint density at radius 3 is 2.74 bits per heavy atom. The maximum atomic E-state index is 11.9. The Balaban J connectivity index is 1.88. The first-order chi connectivity index (χ1) is 12.8. The zero-order chi connectivity index (χ0) is 19.6. The SMILES string of the molecule is CCN(c1cnnc(Nc2c(C)cccc2C(C)C)n1)C1CCS(=O)(=O)C1. The van der Waals surface area contributed by atoms with E-state index in [9.17, 15) is 8.42 Å². The van der Waals surface area contributed by atoms with Crippen molar-refractivity contribution in [1.29, 1.82) is 0 Å². The van der Waals surface area contributed by atoms with Gasteiger partial charge in [0.25, 0.3) is 0 Å². The molecular formula is C19H27N5O2S. The summed E-state index contributed by atoms with van der Waals surface area (Å²) in [6.45, 7) is 9.01. The number of benzene rings is 1. The summed E-state index contributed by atoms with van der Waals surface area (Å²) in [6.07, 6.45) is 2.22. The standard InChI is InChI=1S/C19H27N5O2S/c1-5-24(15-9-10-27(25,26)12-15)17-11-20-23-19(21-17)22-18-14(4)7-6-8-16(18)13(2)3/h6-8,11,13,15H,5,9-10,12H2,1-4H3,(H,21,22,23). The quantitative estimate of drug-likeness (QED) is 0.812. The zero-order valence-electron chi connectivity index (χ0n) is 16.3. The van der Waals surface area contributed by atoms with E-state index < -0.39 is 9.84 Å². The molecule has 1 N–H and O–H groups in total. The molecule has 1 aliphatic rings. The molecule has 0 spiro atoms. The van der Waals surface area contributed by atoms with E-state index in [4.69, 9.17) is 0 Å². The van der Waals surface area contributed by atoms with Gasteiger partial charge in [-0.15, -0.1) is 5.10 Å². The number of anilines is 3. The first kappa shape index (κ1) is 19.5. The molecule has 1 saturated heterocycles. The summed E-state index contributed by atoms with van der Waals surface area (Å²) < 4.78 is 23.7. The first-order valence-electron chi connectivity index (χ1n) is 9.34. The van der Waals surface area contributed by atoms with E-state index in [1.165, 1.54) is 5.56 Å². The summed E-state index contributed by atoms with van der Waals surface area (Å²) in [4.78, 5) is 6.63. The van der Waals surface area contributed by atoms with Gasteiger partial charge < -0.3 is 10.2 Å². The molecule has 1 aromatic carbocycles. The number of para-hydroxylation sites is 1. The predicted molar refractivity (Wildman–Crippen MR) is 108 cm³/mol. The molecule has 1 aromatic heterocycles. The van der Waals surface area contributed by atoms with Crippen molar-refractivity contribution in [3.8, 4) is 0 Å². The van der Waals surface area contributed by atoms with Gasteiger partial charge in [0.05, 0.1) is 17.7 Å². The molecule has 0 saturated carbocycles. The van der Waals surface area contributed by atoms with E-state index in [1.54, 1.807) is 6.20 Å². The van der Waals surface area contributed by atoms with Crippen molar-refractivity contribution in [3.63, 3.8) is 0 Å². The van der Waals surface area contributed by atoms with Crippen molar-refractivity contribution < 1.29 is 8.42 Å². The molecule has 1 fully saturated rings. The number of hydrogen-bond acceptors (Lipinski definition) is 7. The minimum Gasteiger partial charge on any atom is -0.351 e. The lowest BCUT2D eigenvalue weighted by atomic mass is 9.98. The van der Waals surface area contributed by atoms with Crippen LogP contribution in [0.25, 0.3) is 0 Å². The smallest absolute Gasteiger partial charge is 0.249 e. The van der Waals surface area contributed by atoms with Crippen molar-refractivity contribution in [1.82, 2.24) is 15.2 Å². The van der Waals surface area contributed by atoms with Crippen molar-refractivity contribution >= 4 is 27.3 Å². The number of hydrogen-bond donors (Lipinski definition) is 1. The second-order valence-corrected chi connectivity index (χ2v) is 9.53. The monoisotopic (exact) mass is 389 g/mol. The summed E-state index contributed by atoms with van der Waals surface area (Å²) in [7, 11) is -2.96. The Bertz CT molecular complexity index is 914. The molecule has 8 heteroatoms. The van der Waals surface area contributed by atoms with Crippen LogP contribution in [0.4, 0.5) is 17.5 Å². The number of nitrogens with one attached hydrogen (secondary N) is 1. The van der Waals surface area contributed by atoms with Gasteiger partial charge >= 0.3 is 0 Å². The summed E-state index contributed by atoms with van der Waals surface area (Å²) >= 11 is 0. The molecule has 1 aliphatic heterocycles. The summed E-state index contributed by atoms with van der Waals surface area (Å²) in [5.74, 6) is 1.83. The van der Waals surface area contributed by atoms with Gasteiger partial charge in [0.15, 0.2) is 15.7 Å². The van der Waals surface area contributed by atoms with Crippen LogP contribution >= 0.6 is 0 Å². The van der Waals surface area contributed by atoms with Crippen LogP contribution in [0.1, 0.15) is 44.2 Å². The maximum absolute atomic E-state index is 11.9. The van der Waals surface area contributed by atoms with E-state index in [0.29, 0.717) is 30.6 Å². The Hall–Kier alpha value is -2.22. The molecule has 0 aliphatic carbocycles. The Morgan fingerprint density at radius 2 is 2.11 bits per heavy atom. The third kappa shape index (κ3) is 4.37. The minimum atomic E-state index is -2.96. The highest BCUT2D eigenvalue weighted by atomic mass is 32.2. The molecule has 7 nitrogen and oxygen atoms in total. The molecule has 146 valence electrons. The highest BCUT2D eigenvalue weighted by Gasteiger charge is 2.32. The second kappa shape index (κ2) is 7.80. The number of aryl methyl sites for hydroxylation is 1. The van der Waals surface area contributed by atoms with Gasteiger partial charge in [0.1, 0.15) is 0 Å². The Morgan fingerprint density at radius 1 is 1.33 bits per heavy atom. The molecule has 0 amide bonds. The normalized spacial score (nSPS) is 18.6. The topological polar surface area (TPSA) is 88.1 Å². The Labute approximate surface area is 161 Å². The van der Waals surface area contributed by atoms with E-state index in [0.717, 1.165) is 11.3 Å². The van der Waals surface area contributed by atoms with Gasteiger partial charge in [-0.05, 0) is 37.3 Å². The van der Waals surface area contributed by atoms with Crippen molar-refractivity contribution in [2.24, 2.45) is 0 Å². The Kier molecular flexibility index (Phi) is 5.64. The van der Waals surface area contributed by atoms with Crippen LogP contribution in [0.2, 0.25) is 0 Å². The fraction of sp³-hybridized carbons (Fsp3) is 0.526. The fourth-order valence-electron chi connectivity index (χ4n) is 3.57. The predicted octanol–water partition coefficient (Wildman–Crippen LogP) is 3.06. The van der Waals surface area contributed by atoms with Crippen LogP contribution in [0.5, 0.6) is 0 Å². The van der Waals surface area contributed by atoms with Crippen molar-refractivity contribution in [2.75, 3.05) is 28.3 Å². The average Bonchev–Trinajstić information content (AvgIpc) is 2.97. The molecule has 1 unspecified atom stereocenters. The molecule has 2 heterocycles. The van der Waals surface area contributed by atoms with Crippen molar-refractivity contribution in [2.45, 2.75) is 46.1 Å². The number of nitrogens with zero attached hydrogens (tertiary/aromatic N) is 4. The second-order valence-electron chi connectivity index (χ2n) is 7.30. The molecule has 0 bridgehead atoms. The zero-order valence-corrected chi connectivity index (χ0v) is 17.1. The van der Waals surface area contributed by atoms with Crippen LogP contribution in [-0.4, -0.2) is 47.7 Å². The van der Waals surface area contributed by atoms with Crippen LogP contribution in [-0.2, 0) is 9.84 Å². The highest BCUT2D eigenvalue weighted by molar-refractivity contribution is 7.91. The lowest BCUT2D eigenvalue weighted by Gasteiger charge is -2.27. The van der Waals surface area contributed by atoms with Crippen molar-refractivity contribution in [3.05, 3.63) is 35.5 Å². The summed E-state index contributed by atoms with van der Waals surface area (Å²) in [5.41, 5.74) is 3.31. The van der Waals surface area contributed by atoms with Crippen LogP contribution in [0.3, 0.4) is 0 Å². The molecule has 27 heavy (non-hydrogen) atoms. The first-order valence-corrected chi connectivity index (χ1v) is 11.2. The lowest BCUT2D eigenvalue weighted by Crippen LogP contribution is -2.37. The number of rotatable bonds is 6. The minimum absolute atomic E-state index is 0.0609. The van der Waals surface area contributed by atoms with E-state index in [2.05, 4.69) is 40.4 Å². The van der Waals surface area contributed by atoms with Crippen LogP contribution in [0, 0.1) is 6.92 Å². The fourth-order valence-corrected chi connectivity index (χ4v) is 5.30. The summed E-state index contributed by atoms with van der Waals surface area (Å²) in [6, 6.07) is 6.13. The molecule has 3 rings (SSSR count). The van der Waals surface area contributed by atoms with E-state index >= 15 is 0 Å². The van der Waals surface area contributed by atoms with Gasteiger partial charge in [0.2, 0.25) is 5.95 Å². The van der Waals surface area contributed by atoms with Gasteiger partial charge in [0, 0.05) is 18.3 Å². The molecule has 2 aromatic rings. The third-order valence-corrected chi connectivity index (χ3v) is 6.74. The van der Waals surface area contributed by atoms with Crippen LogP contribution in [0.15, 0.2) is 24.4 Å². The number of aromatic nitrogens is 3. The van der Waals surface area contributed by atoms with E-state index in [-0.39, 0.29) is 17.5 Å². The average molecular weight is 390 g/mol. The molecular weight excluding hydrogens is 362 g/mol. The number of sulfone groups is 1. The van der Waals surface area contributed by atoms with E-state index in [1.807, 2.05) is 30.9 Å². The largest absolute Gasteiger partial charge is 0.351 e. The summed E-state index contributed by atoms with van der Waals surface area (Å²) in [5, 5.41) is 11.5. The van der Waals surface area contributed by atoms with Crippen LogP contribution < -0.4 is 10.2 Å². The van der Waals surface area contributed by atoms with Gasteiger partial charge in [-0.25, -0.2) is 8.42 Å². The maximum Gasteiger partial charge on any atom is 0.249 e. The van der Waals surface area contributed by atoms with Gasteiger partial charge in [-0.2, -0.15) is 10.1 Å². The lowest BCUT2D eigenvalue weighted by molar-refractivity contribution is 0.599. The molecule has 1 atom stereocenters. The third-order valence-electron chi connectivity index (χ3n) is 4.99.